The molecule has 2 aliphatic rings. The van der Waals surface area contributed by atoms with E-state index in [2.05, 4.69) is 39.5 Å². The van der Waals surface area contributed by atoms with Gasteiger partial charge in [-0.25, -0.2) is 0 Å². The molecule has 1 N–H and O–H groups in total. The van der Waals surface area contributed by atoms with E-state index in [1.165, 1.54) is 58.3 Å². The monoisotopic (exact) mass is 416 g/mol. The summed E-state index contributed by atoms with van der Waals surface area (Å²) in [7, 11) is 0. The first kappa shape index (κ1) is 26.3. The summed E-state index contributed by atoms with van der Waals surface area (Å²) in [6, 6.07) is 0. The Morgan fingerprint density at radius 1 is 1.10 bits per heavy atom. The minimum Gasteiger partial charge on any atom is -0.393 e. The SMILES string of the molecule is CC#CCC(C)C(F)(F)F.CC(C)(C)CCCCC1CCC2C(O)CCCC12C. The van der Waals surface area contributed by atoms with Crippen LogP contribution in [0.4, 0.5) is 13.2 Å². The van der Waals surface area contributed by atoms with Crippen molar-refractivity contribution in [1.29, 1.82) is 0 Å². The molecule has 170 valence electrons. The van der Waals surface area contributed by atoms with E-state index in [4.69, 9.17) is 0 Å². The zero-order valence-electron chi connectivity index (χ0n) is 19.5. The smallest absolute Gasteiger partial charge is 0.392 e. The molecule has 0 saturated heterocycles. The molecule has 1 nitrogen and oxygen atoms in total. The van der Waals surface area contributed by atoms with E-state index >= 15 is 0 Å². The third-order valence-corrected chi connectivity index (χ3v) is 7.16. The molecule has 0 aromatic carbocycles. The van der Waals surface area contributed by atoms with E-state index in [9.17, 15) is 18.3 Å². The summed E-state index contributed by atoms with van der Waals surface area (Å²) >= 11 is 0. The minimum absolute atomic E-state index is 0.00155. The van der Waals surface area contributed by atoms with Crippen molar-refractivity contribution in [3.8, 4) is 11.8 Å². The summed E-state index contributed by atoms with van der Waals surface area (Å²) in [5, 5.41) is 10.2. The summed E-state index contributed by atoms with van der Waals surface area (Å²) in [6.45, 7) is 12.2. The molecule has 0 heterocycles. The second-order valence-corrected chi connectivity index (χ2v) is 10.7. The molecule has 0 aromatic heterocycles. The number of halogens is 3. The highest BCUT2D eigenvalue weighted by Crippen LogP contribution is 2.56. The molecule has 5 unspecified atom stereocenters. The molecule has 4 heteroatoms. The highest BCUT2D eigenvalue weighted by molar-refractivity contribution is 5.00. The predicted molar refractivity (Wildman–Crippen MR) is 115 cm³/mol. The standard InChI is InChI=1S/C18H34O.C7H9F3/c1-17(2,3)12-6-5-8-14-10-11-15-16(19)9-7-13-18(14,15)4;1-3-4-5-6(2)7(8,9)10/h14-16,19H,5-13H2,1-4H3;6H,5H2,1-2H3. The molecule has 0 aliphatic heterocycles. The Bertz CT molecular complexity index is 537. The lowest BCUT2D eigenvalue weighted by Crippen LogP contribution is -2.39. The van der Waals surface area contributed by atoms with E-state index in [1.807, 2.05) is 0 Å². The fourth-order valence-corrected chi connectivity index (χ4v) is 5.15. The molecule has 0 aromatic rings. The minimum atomic E-state index is -4.09. The van der Waals surface area contributed by atoms with Crippen molar-refractivity contribution >= 4 is 0 Å². The molecule has 2 fully saturated rings. The van der Waals surface area contributed by atoms with Gasteiger partial charge in [0.05, 0.1) is 12.0 Å². The largest absolute Gasteiger partial charge is 0.393 e. The van der Waals surface area contributed by atoms with Crippen molar-refractivity contribution in [2.24, 2.45) is 28.6 Å². The summed E-state index contributed by atoms with van der Waals surface area (Å²) in [5.41, 5.74) is 0.947. The fourth-order valence-electron chi connectivity index (χ4n) is 5.15. The lowest BCUT2D eigenvalue weighted by Gasteiger charge is -2.43. The quantitative estimate of drug-likeness (QED) is 0.358. The van der Waals surface area contributed by atoms with Crippen LogP contribution in [0.3, 0.4) is 0 Å². The van der Waals surface area contributed by atoms with Gasteiger partial charge in [0.2, 0.25) is 0 Å². The Hall–Kier alpha value is -0.690. The van der Waals surface area contributed by atoms with Crippen molar-refractivity contribution in [3.63, 3.8) is 0 Å². The van der Waals surface area contributed by atoms with Gasteiger partial charge < -0.3 is 5.11 Å². The lowest BCUT2D eigenvalue weighted by atomic mass is 9.63. The van der Waals surface area contributed by atoms with Crippen molar-refractivity contribution in [3.05, 3.63) is 0 Å². The molecule has 2 saturated carbocycles. The highest BCUT2D eigenvalue weighted by atomic mass is 19.4. The predicted octanol–water partition coefficient (Wildman–Crippen LogP) is 7.77. The molecule has 0 bridgehead atoms. The van der Waals surface area contributed by atoms with Gasteiger partial charge in [0.1, 0.15) is 0 Å². The van der Waals surface area contributed by atoms with E-state index in [0.29, 0.717) is 16.7 Å². The molecule has 0 amide bonds. The summed E-state index contributed by atoms with van der Waals surface area (Å²) in [4.78, 5) is 0. The van der Waals surface area contributed by atoms with E-state index in [1.54, 1.807) is 0 Å². The van der Waals surface area contributed by atoms with Crippen LogP contribution in [0, 0.1) is 40.4 Å². The number of rotatable bonds is 5. The first-order valence-corrected chi connectivity index (χ1v) is 11.5. The normalized spacial score (nSPS) is 30.5. The first-order chi connectivity index (χ1) is 13.3. The van der Waals surface area contributed by atoms with Crippen LogP contribution in [-0.2, 0) is 0 Å². The summed E-state index contributed by atoms with van der Waals surface area (Å²) < 4.78 is 35.1. The summed E-state index contributed by atoms with van der Waals surface area (Å²) in [5.74, 6) is 4.99. The van der Waals surface area contributed by atoms with E-state index < -0.39 is 12.1 Å². The molecular weight excluding hydrogens is 373 g/mol. The van der Waals surface area contributed by atoms with E-state index in [-0.39, 0.29) is 12.5 Å². The van der Waals surface area contributed by atoms with Crippen molar-refractivity contribution in [1.82, 2.24) is 0 Å². The second-order valence-electron chi connectivity index (χ2n) is 10.7. The first-order valence-electron chi connectivity index (χ1n) is 11.5. The summed E-state index contributed by atoms with van der Waals surface area (Å²) in [6.07, 6.45) is 7.63. The maximum atomic E-state index is 11.7. The van der Waals surface area contributed by atoms with Crippen LogP contribution in [0.1, 0.15) is 106 Å². The Labute approximate surface area is 177 Å². The highest BCUT2D eigenvalue weighted by Gasteiger charge is 2.50. The maximum Gasteiger partial charge on any atom is 0.392 e. The van der Waals surface area contributed by atoms with Crippen molar-refractivity contribution in [2.75, 3.05) is 0 Å². The topological polar surface area (TPSA) is 20.2 Å². The van der Waals surface area contributed by atoms with Crippen LogP contribution in [0.15, 0.2) is 0 Å². The molecular formula is C25H43F3O. The Morgan fingerprint density at radius 2 is 1.76 bits per heavy atom. The van der Waals surface area contributed by atoms with Gasteiger partial charge >= 0.3 is 6.18 Å². The number of hydrogen-bond donors (Lipinski definition) is 1. The van der Waals surface area contributed by atoms with Crippen LogP contribution in [-0.4, -0.2) is 17.4 Å². The number of aliphatic hydroxyl groups excluding tert-OH is 1. The van der Waals surface area contributed by atoms with Crippen molar-refractivity contribution < 1.29 is 18.3 Å². The average molecular weight is 417 g/mol. The van der Waals surface area contributed by atoms with Crippen LogP contribution < -0.4 is 0 Å². The number of unbranched alkanes of at least 4 members (excludes halogenated alkanes) is 1. The number of hydrogen-bond acceptors (Lipinski definition) is 1. The number of fused-ring (bicyclic) bond motifs is 1. The molecule has 0 radical (unpaired) electrons. The van der Waals surface area contributed by atoms with Gasteiger partial charge in [-0.15, -0.1) is 11.8 Å². The average Bonchev–Trinajstić information content (AvgIpc) is 2.93. The number of aliphatic hydroxyl groups is 1. The van der Waals surface area contributed by atoms with E-state index in [0.717, 1.165) is 19.3 Å². The van der Waals surface area contributed by atoms with Gasteiger partial charge in [0.15, 0.2) is 0 Å². The van der Waals surface area contributed by atoms with Crippen LogP contribution in [0.2, 0.25) is 0 Å². The molecule has 0 spiro atoms. The van der Waals surface area contributed by atoms with Gasteiger partial charge in [0.25, 0.3) is 0 Å². The van der Waals surface area contributed by atoms with Gasteiger partial charge in [-0.1, -0.05) is 53.9 Å². The third-order valence-electron chi connectivity index (χ3n) is 7.16. The second kappa shape index (κ2) is 11.1. The van der Waals surface area contributed by atoms with Gasteiger partial charge in [-0.3, -0.25) is 0 Å². The van der Waals surface area contributed by atoms with Crippen LogP contribution >= 0.6 is 0 Å². The zero-order valence-corrected chi connectivity index (χ0v) is 19.5. The fraction of sp³-hybridized carbons (Fsp3) is 0.920. The van der Waals surface area contributed by atoms with Crippen LogP contribution in [0.5, 0.6) is 0 Å². The third kappa shape index (κ3) is 8.52. The van der Waals surface area contributed by atoms with Crippen molar-refractivity contribution in [2.45, 2.75) is 118 Å². The van der Waals surface area contributed by atoms with Crippen LogP contribution in [0.25, 0.3) is 0 Å². The molecule has 2 rings (SSSR count). The van der Waals surface area contributed by atoms with Gasteiger partial charge in [-0.05, 0) is 68.1 Å². The van der Waals surface area contributed by atoms with Gasteiger partial charge in [-0.2, -0.15) is 13.2 Å². The molecule has 5 atom stereocenters. The molecule has 29 heavy (non-hydrogen) atoms. The Balaban J connectivity index is 0.000000359. The number of alkyl halides is 3. The zero-order chi connectivity index (χ0) is 22.3. The van der Waals surface area contributed by atoms with Gasteiger partial charge in [0, 0.05) is 6.42 Å². The Kier molecular flexibility index (Phi) is 10.1. The molecule has 2 aliphatic carbocycles. The Morgan fingerprint density at radius 3 is 2.31 bits per heavy atom. The maximum absolute atomic E-state index is 11.7. The lowest BCUT2D eigenvalue weighted by molar-refractivity contribution is -0.167.